The van der Waals surface area contributed by atoms with Crippen LogP contribution in [0.4, 0.5) is 5.69 Å². The quantitative estimate of drug-likeness (QED) is 0.588. The molecule has 0 bridgehead atoms. The van der Waals surface area contributed by atoms with Crippen molar-refractivity contribution in [1.82, 2.24) is 5.32 Å². The van der Waals surface area contributed by atoms with E-state index in [1.165, 1.54) is 19.1 Å². The Morgan fingerprint density at radius 1 is 1.59 bits per heavy atom. The smallest absolute Gasteiger partial charge is 0.253 e. The van der Waals surface area contributed by atoms with Gasteiger partial charge in [0.1, 0.15) is 5.60 Å². The molecule has 0 saturated carbocycles. The molecule has 1 rings (SSSR count). The summed E-state index contributed by atoms with van der Waals surface area (Å²) in [6.07, 6.45) is 0. The summed E-state index contributed by atoms with van der Waals surface area (Å²) in [7, 11) is 0. The lowest BCUT2D eigenvalue weighted by atomic mass is 10.1. The van der Waals surface area contributed by atoms with Gasteiger partial charge in [-0.25, -0.2) is 0 Å². The molecule has 0 spiro atoms. The van der Waals surface area contributed by atoms with E-state index in [4.69, 9.17) is 22.4 Å². The zero-order chi connectivity index (χ0) is 13.1. The van der Waals surface area contributed by atoms with Gasteiger partial charge in [-0.05, 0) is 25.1 Å². The Balaban J connectivity index is 2.74. The second kappa shape index (κ2) is 5.35. The van der Waals surface area contributed by atoms with Crippen molar-refractivity contribution in [2.45, 2.75) is 12.5 Å². The molecular weight excluding hydrogens is 244 g/mol. The summed E-state index contributed by atoms with van der Waals surface area (Å²) in [5, 5.41) is 21.2. The van der Waals surface area contributed by atoms with Crippen molar-refractivity contribution in [2.24, 2.45) is 0 Å². The van der Waals surface area contributed by atoms with Gasteiger partial charge >= 0.3 is 0 Å². The van der Waals surface area contributed by atoms with Crippen LogP contribution >= 0.6 is 11.6 Å². The molecule has 94 valence electrons. The Bertz CT molecular complexity index is 421. The van der Waals surface area contributed by atoms with Crippen molar-refractivity contribution in [3.63, 3.8) is 0 Å². The van der Waals surface area contributed by atoms with E-state index in [-0.39, 0.29) is 12.1 Å². The van der Waals surface area contributed by atoms with E-state index in [2.05, 4.69) is 5.32 Å². The van der Waals surface area contributed by atoms with Gasteiger partial charge < -0.3 is 21.3 Å². The summed E-state index contributed by atoms with van der Waals surface area (Å²) in [6.45, 7) is 0.890. The lowest BCUT2D eigenvalue weighted by molar-refractivity contribution is 0.00321. The van der Waals surface area contributed by atoms with Crippen LogP contribution in [-0.4, -0.2) is 34.9 Å². The summed E-state index contributed by atoms with van der Waals surface area (Å²) in [5.74, 6) is -0.446. The fourth-order valence-corrected chi connectivity index (χ4v) is 1.32. The summed E-state index contributed by atoms with van der Waals surface area (Å²) >= 11 is 5.75. The monoisotopic (exact) mass is 258 g/mol. The molecule has 1 aromatic carbocycles. The highest BCUT2D eigenvalue weighted by atomic mass is 35.5. The van der Waals surface area contributed by atoms with Crippen LogP contribution in [0.1, 0.15) is 17.3 Å². The summed E-state index contributed by atoms with van der Waals surface area (Å²) in [4.78, 5) is 11.7. The van der Waals surface area contributed by atoms with Crippen LogP contribution in [0, 0.1) is 0 Å². The van der Waals surface area contributed by atoms with Crippen LogP contribution in [0.5, 0.6) is 0 Å². The number of anilines is 1. The number of hydrogen-bond donors (Lipinski definition) is 4. The maximum atomic E-state index is 11.7. The molecule has 0 aliphatic rings. The molecule has 1 amide bonds. The van der Waals surface area contributed by atoms with Crippen molar-refractivity contribution in [3.8, 4) is 0 Å². The minimum Gasteiger partial charge on any atom is -0.398 e. The number of carbonyl (C=O) groups excluding carboxylic acids is 1. The van der Waals surface area contributed by atoms with Crippen LogP contribution in [0.3, 0.4) is 0 Å². The van der Waals surface area contributed by atoms with Crippen LogP contribution in [0.2, 0.25) is 5.02 Å². The SMILES string of the molecule is CC(O)(CO)CNC(=O)c1cc(Cl)ccc1N. The fraction of sp³-hybridized carbons (Fsp3) is 0.364. The molecule has 0 aliphatic heterocycles. The van der Waals surface area contributed by atoms with Crippen LogP contribution in [0.25, 0.3) is 0 Å². The zero-order valence-corrected chi connectivity index (χ0v) is 10.2. The number of benzene rings is 1. The fourth-order valence-electron chi connectivity index (χ4n) is 1.15. The average Bonchev–Trinajstić information content (AvgIpc) is 2.29. The lowest BCUT2D eigenvalue weighted by Gasteiger charge is -2.20. The molecule has 17 heavy (non-hydrogen) atoms. The van der Waals surface area contributed by atoms with E-state index in [0.717, 1.165) is 0 Å². The van der Waals surface area contributed by atoms with E-state index in [0.29, 0.717) is 10.7 Å². The topological polar surface area (TPSA) is 95.6 Å². The third-order valence-corrected chi connectivity index (χ3v) is 2.47. The van der Waals surface area contributed by atoms with Crippen LogP contribution in [-0.2, 0) is 0 Å². The number of aliphatic hydroxyl groups excluding tert-OH is 1. The zero-order valence-electron chi connectivity index (χ0n) is 9.40. The first-order valence-corrected chi connectivity index (χ1v) is 5.40. The van der Waals surface area contributed by atoms with Gasteiger partial charge in [0.05, 0.1) is 12.2 Å². The van der Waals surface area contributed by atoms with E-state index in [9.17, 15) is 9.90 Å². The van der Waals surface area contributed by atoms with Gasteiger partial charge in [0.2, 0.25) is 0 Å². The number of nitrogens with one attached hydrogen (secondary N) is 1. The average molecular weight is 259 g/mol. The number of carbonyl (C=O) groups is 1. The Kier molecular flexibility index (Phi) is 4.34. The van der Waals surface area contributed by atoms with Crippen molar-refractivity contribution in [3.05, 3.63) is 28.8 Å². The van der Waals surface area contributed by atoms with Crippen LogP contribution < -0.4 is 11.1 Å². The van der Waals surface area contributed by atoms with Crippen LogP contribution in [0.15, 0.2) is 18.2 Å². The predicted octanol–water partition coefficient (Wildman–Crippen LogP) is 0.395. The number of hydrogen-bond acceptors (Lipinski definition) is 4. The molecule has 6 heteroatoms. The summed E-state index contributed by atoms with van der Waals surface area (Å²) in [5.41, 5.74) is 4.82. The molecule has 1 aromatic rings. The predicted molar refractivity (Wildman–Crippen MR) is 65.9 cm³/mol. The number of aliphatic hydroxyl groups is 2. The summed E-state index contributed by atoms with van der Waals surface area (Å²) in [6, 6.07) is 4.55. The van der Waals surface area contributed by atoms with Crippen molar-refractivity contribution in [2.75, 3.05) is 18.9 Å². The Labute approximate surface area is 104 Å². The molecule has 5 nitrogen and oxygen atoms in total. The normalized spacial score (nSPS) is 14.1. The molecule has 5 N–H and O–H groups in total. The Morgan fingerprint density at radius 3 is 2.82 bits per heavy atom. The molecule has 0 heterocycles. The first-order chi connectivity index (χ1) is 7.85. The molecule has 0 saturated heterocycles. The standard InChI is InChI=1S/C11H15ClN2O3/c1-11(17,6-15)5-14-10(16)8-4-7(12)2-3-9(8)13/h2-4,15,17H,5-6,13H2,1H3,(H,14,16). The van der Waals surface area contributed by atoms with Gasteiger partial charge in [-0.2, -0.15) is 0 Å². The largest absolute Gasteiger partial charge is 0.398 e. The minimum absolute atomic E-state index is 0.0751. The second-order valence-electron chi connectivity index (χ2n) is 4.07. The van der Waals surface area contributed by atoms with E-state index >= 15 is 0 Å². The highest BCUT2D eigenvalue weighted by Crippen LogP contribution is 2.17. The van der Waals surface area contributed by atoms with Gasteiger partial charge in [0, 0.05) is 17.3 Å². The minimum atomic E-state index is -1.36. The van der Waals surface area contributed by atoms with Gasteiger partial charge in [0.25, 0.3) is 5.91 Å². The number of amides is 1. The molecule has 1 unspecified atom stereocenters. The first kappa shape index (κ1) is 13.8. The van der Waals surface area contributed by atoms with Gasteiger partial charge in [-0.1, -0.05) is 11.6 Å². The highest BCUT2D eigenvalue weighted by Gasteiger charge is 2.20. The number of nitrogens with two attached hydrogens (primary N) is 1. The Hall–Kier alpha value is -1.30. The van der Waals surface area contributed by atoms with E-state index in [1.807, 2.05) is 0 Å². The third kappa shape index (κ3) is 3.89. The van der Waals surface area contributed by atoms with E-state index in [1.54, 1.807) is 6.07 Å². The van der Waals surface area contributed by atoms with Crippen molar-refractivity contribution in [1.29, 1.82) is 0 Å². The van der Waals surface area contributed by atoms with Crippen molar-refractivity contribution >= 4 is 23.2 Å². The lowest BCUT2D eigenvalue weighted by Crippen LogP contribution is -2.43. The van der Waals surface area contributed by atoms with Gasteiger partial charge in [-0.3, -0.25) is 4.79 Å². The van der Waals surface area contributed by atoms with Crippen molar-refractivity contribution < 1.29 is 15.0 Å². The molecule has 0 fully saturated rings. The second-order valence-corrected chi connectivity index (χ2v) is 4.51. The highest BCUT2D eigenvalue weighted by molar-refractivity contribution is 6.31. The number of nitrogen functional groups attached to an aromatic ring is 1. The molecule has 0 aromatic heterocycles. The molecule has 1 atom stereocenters. The number of halogens is 1. The summed E-state index contributed by atoms with van der Waals surface area (Å²) < 4.78 is 0. The third-order valence-electron chi connectivity index (χ3n) is 2.23. The van der Waals surface area contributed by atoms with E-state index < -0.39 is 18.1 Å². The molecule has 0 aliphatic carbocycles. The molecular formula is C11H15ClN2O3. The molecule has 0 radical (unpaired) electrons. The van der Waals surface area contributed by atoms with Gasteiger partial charge in [0.15, 0.2) is 0 Å². The van der Waals surface area contributed by atoms with Gasteiger partial charge in [-0.15, -0.1) is 0 Å². The Morgan fingerprint density at radius 2 is 2.24 bits per heavy atom. The maximum Gasteiger partial charge on any atom is 0.253 e. The maximum absolute atomic E-state index is 11.7. The first-order valence-electron chi connectivity index (χ1n) is 5.02. The number of rotatable bonds is 4.